The molecule has 0 aliphatic heterocycles. The molecule has 2 amide bonds. The molecule has 118 valence electrons. The molecule has 0 atom stereocenters. The van der Waals surface area contributed by atoms with Crippen LogP contribution in [0.1, 0.15) is 29.8 Å². The van der Waals surface area contributed by atoms with Gasteiger partial charge in [-0.05, 0) is 43.3 Å². The third-order valence-corrected chi connectivity index (χ3v) is 3.06. The van der Waals surface area contributed by atoms with Crippen molar-refractivity contribution in [2.24, 2.45) is 5.10 Å². The summed E-state index contributed by atoms with van der Waals surface area (Å²) in [6, 6.07) is 13.1. The molecule has 0 fully saturated rings. The second-order valence-corrected chi connectivity index (χ2v) is 4.95. The van der Waals surface area contributed by atoms with Crippen molar-refractivity contribution in [3.8, 4) is 5.75 Å². The summed E-state index contributed by atoms with van der Waals surface area (Å²) in [5.74, 6) is -0.399. The van der Waals surface area contributed by atoms with Crippen molar-refractivity contribution >= 4 is 23.2 Å². The van der Waals surface area contributed by atoms with Crippen LogP contribution in [0.5, 0.6) is 5.75 Å². The summed E-state index contributed by atoms with van der Waals surface area (Å²) in [4.78, 5) is 23.0. The van der Waals surface area contributed by atoms with Gasteiger partial charge in [0, 0.05) is 23.7 Å². The number of hydrogen-bond donors (Lipinski definition) is 3. The molecule has 2 rings (SSSR count). The Bertz CT molecular complexity index is 752. The molecule has 0 bridgehead atoms. The summed E-state index contributed by atoms with van der Waals surface area (Å²) in [5.41, 5.74) is 4.79. The molecule has 0 spiro atoms. The van der Waals surface area contributed by atoms with E-state index in [0.29, 0.717) is 22.5 Å². The number of hydrazone groups is 1. The fourth-order valence-corrected chi connectivity index (χ4v) is 1.90. The minimum atomic E-state index is -0.362. The molecule has 2 aromatic rings. The standard InChI is InChI=1S/C17H17N3O3/c1-11(14-4-3-5-16(22)10-14)19-20-17(23)13-6-8-15(9-7-13)18-12(2)21/h3-10,22H,1-2H3,(H,18,21)(H,20,23)/b19-11-. The van der Waals surface area contributed by atoms with Crippen LogP contribution in [0.3, 0.4) is 0 Å². The Morgan fingerprint density at radius 2 is 1.70 bits per heavy atom. The lowest BCUT2D eigenvalue weighted by Crippen LogP contribution is -2.19. The van der Waals surface area contributed by atoms with Gasteiger partial charge in [-0.1, -0.05) is 12.1 Å². The molecule has 0 heterocycles. The Labute approximate surface area is 133 Å². The van der Waals surface area contributed by atoms with Crippen molar-refractivity contribution < 1.29 is 14.7 Å². The van der Waals surface area contributed by atoms with Crippen molar-refractivity contribution in [3.63, 3.8) is 0 Å². The summed E-state index contributed by atoms with van der Waals surface area (Å²) < 4.78 is 0. The first-order valence-electron chi connectivity index (χ1n) is 6.97. The van der Waals surface area contributed by atoms with Crippen LogP contribution >= 0.6 is 0 Å². The minimum absolute atomic E-state index is 0.136. The predicted molar refractivity (Wildman–Crippen MR) is 88.5 cm³/mol. The van der Waals surface area contributed by atoms with Crippen LogP contribution in [0.25, 0.3) is 0 Å². The first-order valence-corrected chi connectivity index (χ1v) is 6.97. The molecule has 0 aliphatic rings. The summed E-state index contributed by atoms with van der Waals surface area (Å²) in [6.07, 6.45) is 0. The number of nitrogens with one attached hydrogen (secondary N) is 2. The third-order valence-electron chi connectivity index (χ3n) is 3.06. The zero-order valence-corrected chi connectivity index (χ0v) is 12.8. The Hall–Kier alpha value is -3.15. The molecule has 6 heteroatoms. The van der Waals surface area contributed by atoms with Crippen LogP contribution in [0.4, 0.5) is 5.69 Å². The van der Waals surface area contributed by atoms with Gasteiger partial charge in [0.25, 0.3) is 5.91 Å². The maximum Gasteiger partial charge on any atom is 0.271 e. The Morgan fingerprint density at radius 3 is 2.30 bits per heavy atom. The number of anilines is 1. The molecule has 23 heavy (non-hydrogen) atoms. The number of carbonyl (C=O) groups excluding carboxylic acids is 2. The van der Waals surface area contributed by atoms with E-state index in [1.807, 2.05) is 0 Å². The van der Waals surface area contributed by atoms with Crippen LogP contribution in [-0.2, 0) is 4.79 Å². The van der Waals surface area contributed by atoms with Crippen LogP contribution in [-0.4, -0.2) is 22.6 Å². The minimum Gasteiger partial charge on any atom is -0.508 e. The summed E-state index contributed by atoms with van der Waals surface area (Å²) >= 11 is 0. The topological polar surface area (TPSA) is 90.8 Å². The maximum atomic E-state index is 12.0. The van der Waals surface area contributed by atoms with Crippen molar-refractivity contribution in [1.82, 2.24) is 5.43 Å². The van der Waals surface area contributed by atoms with Crippen LogP contribution in [0.2, 0.25) is 0 Å². The van der Waals surface area contributed by atoms with E-state index in [2.05, 4.69) is 15.8 Å². The highest BCUT2D eigenvalue weighted by Crippen LogP contribution is 2.12. The molecule has 0 aromatic heterocycles. The lowest BCUT2D eigenvalue weighted by Gasteiger charge is -2.05. The highest BCUT2D eigenvalue weighted by Gasteiger charge is 2.06. The molecule has 0 aliphatic carbocycles. The maximum absolute atomic E-state index is 12.0. The van der Waals surface area contributed by atoms with Gasteiger partial charge in [0.1, 0.15) is 5.75 Å². The number of amides is 2. The van der Waals surface area contributed by atoms with E-state index in [1.165, 1.54) is 6.92 Å². The van der Waals surface area contributed by atoms with Gasteiger partial charge in [-0.25, -0.2) is 5.43 Å². The van der Waals surface area contributed by atoms with Crippen LogP contribution in [0, 0.1) is 0 Å². The molecule has 0 saturated heterocycles. The van der Waals surface area contributed by atoms with E-state index in [0.717, 1.165) is 0 Å². The molecule has 6 nitrogen and oxygen atoms in total. The second kappa shape index (κ2) is 7.22. The largest absolute Gasteiger partial charge is 0.508 e. The number of aromatic hydroxyl groups is 1. The number of nitrogens with zero attached hydrogens (tertiary/aromatic N) is 1. The van der Waals surface area contributed by atoms with E-state index < -0.39 is 0 Å². The normalized spacial score (nSPS) is 11.0. The number of benzene rings is 2. The van der Waals surface area contributed by atoms with Gasteiger partial charge in [-0.15, -0.1) is 0 Å². The highest BCUT2D eigenvalue weighted by molar-refractivity contribution is 6.01. The molecule has 3 N–H and O–H groups in total. The Balaban J connectivity index is 2.04. The summed E-state index contributed by atoms with van der Waals surface area (Å²) in [6.45, 7) is 3.15. The van der Waals surface area contributed by atoms with Crippen LogP contribution < -0.4 is 10.7 Å². The van der Waals surface area contributed by atoms with Gasteiger partial charge >= 0.3 is 0 Å². The van der Waals surface area contributed by atoms with Crippen LogP contribution in [0.15, 0.2) is 53.6 Å². The Morgan fingerprint density at radius 1 is 1.00 bits per heavy atom. The number of phenolic OH excluding ortho intramolecular Hbond substituents is 1. The number of phenols is 1. The lowest BCUT2D eigenvalue weighted by molar-refractivity contribution is -0.114. The van der Waals surface area contributed by atoms with Crippen molar-refractivity contribution in [3.05, 3.63) is 59.7 Å². The molecule has 2 aromatic carbocycles. The smallest absolute Gasteiger partial charge is 0.271 e. The molecule has 0 saturated carbocycles. The first-order chi connectivity index (χ1) is 11.0. The number of hydrogen-bond acceptors (Lipinski definition) is 4. The monoisotopic (exact) mass is 311 g/mol. The molecular formula is C17H17N3O3. The van der Waals surface area contributed by atoms with Gasteiger partial charge in [0.05, 0.1) is 5.71 Å². The quantitative estimate of drug-likeness (QED) is 0.598. The Kier molecular flexibility index (Phi) is 5.09. The van der Waals surface area contributed by atoms with Crippen molar-refractivity contribution in [2.75, 3.05) is 5.32 Å². The number of carbonyl (C=O) groups is 2. The molecule has 0 radical (unpaired) electrons. The van der Waals surface area contributed by atoms with Gasteiger partial charge in [-0.3, -0.25) is 9.59 Å². The average molecular weight is 311 g/mol. The zero-order valence-electron chi connectivity index (χ0n) is 12.8. The predicted octanol–water partition coefficient (Wildman–Crippen LogP) is 2.50. The second-order valence-electron chi connectivity index (χ2n) is 4.95. The summed E-state index contributed by atoms with van der Waals surface area (Å²) in [5, 5.41) is 16.1. The van der Waals surface area contributed by atoms with Gasteiger partial charge < -0.3 is 10.4 Å². The van der Waals surface area contributed by atoms with Crippen molar-refractivity contribution in [1.29, 1.82) is 0 Å². The lowest BCUT2D eigenvalue weighted by atomic mass is 10.1. The molecule has 0 unspecified atom stereocenters. The van der Waals surface area contributed by atoms with Gasteiger partial charge in [0.15, 0.2) is 0 Å². The van der Waals surface area contributed by atoms with E-state index in [9.17, 15) is 14.7 Å². The van der Waals surface area contributed by atoms with Gasteiger partial charge in [0.2, 0.25) is 5.91 Å². The fraction of sp³-hybridized carbons (Fsp3) is 0.118. The zero-order chi connectivity index (χ0) is 16.8. The van der Waals surface area contributed by atoms with E-state index in [-0.39, 0.29) is 17.6 Å². The summed E-state index contributed by atoms with van der Waals surface area (Å²) in [7, 11) is 0. The van der Waals surface area contributed by atoms with Gasteiger partial charge in [-0.2, -0.15) is 5.10 Å². The third kappa shape index (κ3) is 4.67. The van der Waals surface area contributed by atoms with E-state index in [4.69, 9.17) is 0 Å². The SMILES string of the molecule is CC(=O)Nc1ccc(C(=O)N/N=C(/C)c2cccc(O)c2)cc1. The van der Waals surface area contributed by atoms with E-state index in [1.54, 1.807) is 55.5 Å². The average Bonchev–Trinajstić information content (AvgIpc) is 2.52. The fourth-order valence-electron chi connectivity index (χ4n) is 1.90. The van der Waals surface area contributed by atoms with E-state index >= 15 is 0 Å². The van der Waals surface area contributed by atoms with Crippen molar-refractivity contribution in [2.45, 2.75) is 13.8 Å². The number of rotatable bonds is 4. The molecular weight excluding hydrogens is 294 g/mol. The highest BCUT2D eigenvalue weighted by atomic mass is 16.3. The first kappa shape index (κ1) is 16.2.